The van der Waals surface area contributed by atoms with Crippen LogP contribution >= 0.6 is 0 Å². The van der Waals surface area contributed by atoms with Gasteiger partial charge in [-0.05, 0) is 30.3 Å². The number of nitrogens with one attached hydrogen (secondary N) is 2. The molecule has 37 heavy (non-hydrogen) atoms. The fourth-order valence-electron chi connectivity index (χ4n) is 4.60. The highest BCUT2D eigenvalue weighted by atomic mass is 32.2. The summed E-state index contributed by atoms with van der Waals surface area (Å²) < 4.78 is 32.2. The third-order valence-corrected chi connectivity index (χ3v) is 7.86. The number of aromatic nitrogens is 5. The Morgan fingerprint density at radius 2 is 1.76 bits per heavy atom. The fourth-order valence-corrected chi connectivity index (χ4v) is 5.94. The van der Waals surface area contributed by atoms with E-state index in [4.69, 9.17) is 9.72 Å². The largest absolute Gasteiger partial charge is 0.378 e. The van der Waals surface area contributed by atoms with Gasteiger partial charge in [-0.15, -0.1) is 0 Å². The van der Waals surface area contributed by atoms with E-state index in [1.807, 2.05) is 30.5 Å². The summed E-state index contributed by atoms with van der Waals surface area (Å²) in [5.74, 6) is 0.512. The number of benzene rings is 2. The van der Waals surface area contributed by atoms with Crippen LogP contribution in [0.5, 0.6) is 0 Å². The minimum Gasteiger partial charge on any atom is -0.378 e. The number of aromatic amines is 2. The van der Waals surface area contributed by atoms with Crippen molar-refractivity contribution in [3.63, 3.8) is 0 Å². The summed E-state index contributed by atoms with van der Waals surface area (Å²) in [5.41, 5.74) is 2.14. The lowest BCUT2D eigenvalue weighted by Crippen LogP contribution is -2.37. The van der Waals surface area contributed by atoms with E-state index in [9.17, 15) is 13.2 Å². The predicted octanol–water partition coefficient (Wildman–Crippen LogP) is 2.81. The molecule has 6 rings (SSSR count). The highest BCUT2D eigenvalue weighted by molar-refractivity contribution is 7.89. The van der Waals surface area contributed by atoms with Gasteiger partial charge >= 0.3 is 0 Å². The first kappa shape index (κ1) is 23.3. The Bertz CT molecular complexity index is 1770. The molecule has 1 aliphatic heterocycles. The molecule has 1 aliphatic rings. The summed E-state index contributed by atoms with van der Waals surface area (Å²) in [6.45, 7) is 2.47. The summed E-state index contributed by atoms with van der Waals surface area (Å²) in [4.78, 5) is 26.8. The molecule has 188 valence electrons. The van der Waals surface area contributed by atoms with Gasteiger partial charge in [0, 0.05) is 47.2 Å². The number of H-pyrrole nitrogens is 2. The molecular formula is C26H24N6O4S. The first-order valence-corrected chi connectivity index (χ1v) is 13.7. The van der Waals surface area contributed by atoms with Gasteiger partial charge in [0.25, 0.3) is 5.56 Å². The van der Waals surface area contributed by atoms with Crippen LogP contribution in [0.15, 0.2) is 65.6 Å². The van der Waals surface area contributed by atoms with Gasteiger partial charge in [-0.25, -0.2) is 23.5 Å². The Balaban J connectivity index is 1.37. The number of fused-ring (bicyclic) bond motifs is 2. The van der Waals surface area contributed by atoms with Crippen molar-refractivity contribution in [3.8, 4) is 11.4 Å². The van der Waals surface area contributed by atoms with Crippen molar-refractivity contribution in [2.24, 2.45) is 0 Å². The van der Waals surface area contributed by atoms with E-state index in [0.717, 1.165) is 16.5 Å². The molecular weight excluding hydrogens is 492 g/mol. The molecule has 1 fully saturated rings. The van der Waals surface area contributed by atoms with Crippen LogP contribution in [0.3, 0.4) is 0 Å². The van der Waals surface area contributed by atoms with E-state index in [0.29, 0.717) is 60.1 Å². The van der Waals surface area contributed by atoms with Crippen LogP contribution in [0.4, 0.5) is 5.82 Å². The Hall–Kier alpha value is -4.09. The average molecular weight is 517 g/mol. The lowest BCUT2D eigenvalue weighted by Gasteiger charge is -2.28. The number of hydrogen-bond acceptors (Lipinski definition) is 8. The van der Waals surface area contributed by atoms with Crippen LogP contribution in [0, 0.1) is 0 Å². The summed E-state index contributed by atoms with van der Waals surface area (Å²) in [5, 5.41) is 8.39. The number of nitrogens with zero attached hydrogens (tertiary/aromatic N) is 4. The first-order valence-electron chi connectivity index (χ1n) is 11.9. The minimum atomic E-state index is -3.69. The number of hydrogen-bond donors (Lipinski definition) is 2. The zero-order chi connectivity index (χ0) is 25.4. The summed E-state index contributed by atoms with van der Waals surface area (Å²) in [6.07, 6.45) is 1.87. The second-order valence-electron chi connectivity index (χ2n) is 9.00. The molecule has 0 aliphatic carbocycles. The number of ether oxygens (including phenoxy) is 1. The number of anilines is 1. The van der Waals surface area contributed by atoms with Crippen molar-refractivity contribution in [1.82, 2.24) is 25.1 Å². The van der Waals surface area contributed by atoms with Crippen molar-refractivity contribution < 1.29 is 13.2 Å². The molecule has 0 amide bonds. The van der Waals surface area contributed by atoms with Crippen molar-refractivity contribution in [3.05, 3.63) is 82.5 Å². The topological polar surface area (TPSA) is 134 Å². The van der Waals surface area contributed by atoms with Crippen molar-refractivity contribution in [1.29, 1.82) is 0 Å². The zero-order valence-electron chi connectivity index (χ0n) is 19.8. The molecule has 2 N–H and O–H groups in total. The number of sulfone groups is 1. The monoisotopic (exact) mass is 516 g/mol. The minimum absolute atomic E-state index is 0.290. The molecule has 1 saturated heterocycles. The maximum absolute atomic E-state index is 13.3. The lowest BCUT2D eigenvalue weighted by molar-refractivity contribution is 0.122. The van der Waals surface area contributed by atoms with Crippen LogP contribution in [0.1, 0.15) is 11.4 Å². The normalized spacial score (nSPS) is 14.4. The molecule has 0 spiro atoms. The van der Waals surface area contributed by atoms with Gasteiger partial charge in [0.05, 0.1) is 41.5 Å². The highest BCUT2D eigenvalue weighted by Gasteiger charge is 2.21. The molecule has 0 saturated carbocycles. The maximum Gasteiger partial charge on any atom is 0.272 e. The fraction of sp³-hybridized carbons (Fsp3) is 0.231. The van der Waals surface area contributed by atoms with Gasteiger partial charge in [-0.2, -0.15) is 5.10 Å². The van der Waals surface area contributed by atoms with Crippen LogP contribution in [-0.2, 0) is 26.1 Å². The Morgan fingerprint density at radius 3 is 2.59 bits per heavy atom. The molecule has 10 nitrogen and oxygen atoms in total. The van der Waals surface area contributed by atoms with Crippen molar-refractivity contribution in [2.75, 3.05) is 31.2 Å². The van der Waals surface area contributed by atoms with Crippen molar-refractivity contribution >= 4 is 37.3 Å². The quantitative estimate of drug-likeness (QED) is 0.352. The summed E-state index contributed by atoms with van der Waals surface area (Å²) in [6, 6.07) is 16.4. The SMILES string of the molecule is O=c1[nH]nc(CS(=O)(=O)Cc2cc(N3CCOCC3)nc(-c3ccc4[nH]ccc4c3)n2)c2ccccc12. The van der Waals surface area contributed by atoms with E-state index in [-0.39, 0.29) is 17.1 Å². The third kappa shape index (κ3) is 4.83. The molecule has 4 heterocycles. The molecule has 0 bridgehead atoms. The van der Waals surface area contributed by atoms with E-state index < -0.39 is 9.84 Å². The molecule has 5 aromatic rings. The molecule has 11 heteroatoms. The maximum atomic E-state index is 13.3. The predicted molar refractivity (Wildman–Crippen MR) is 141 cm³/mol. The number of morpholine rings is 1. The smallest absolute Gasteiger partial charge is 0.272 e. The van der Waals surface area contributed by atoms with Gasteiger partial charge < -0.3 is 14.6 Å². The van der Waals surface area contributed by atoms with Gasteiger partial charge in [-0.3, -0.25) is 4.79 Å². The Morgan fingerprint density at radius 1 is 0.946 bits per heavy atom. The second-order valence-corrected chi connectivity index (χ2v) is 11.1. The van der Waals surface area contributed by atoms with E-state index in [2.05, 4.69) is 25.1 Å². The molecule has 2 aromatic carbocycles. The molecule has 3 aromatic heterocycles. The first-order chi connectivity index (χ1) is 17.9. The standard InChI is InChI=1S/C26H24N6O4S/c33-26-21-4-2-1-3-20(21)23(30-31-26)16-37(34,35)15-19-14-24(32-9-11-36-12-10-32)29-25(28-19)18-5-6-22-17(13-18)7-8-27-22/h1-8,13-14,27H,9-12,15-16H2,(H,31,33). The van der Waals surface area contributed by atoms with Crippen molar-refractivity contribution in [2.45, 2.75) is 11.5 Å². The van der Waals surface area contributed by atoms with Gasteiger partial charge in [0.15, 0.2) is 15.7 Å². The Labute approximate surface area is 212 Å². The van der Waals surface area contributed by atoms with Crippen LogP contribution in [-0.4, -0.2) is 59.9 Å². The second kappa shape index (κ2) is 9.41. The highest BCUT2D eigenvalue weighted by Crippen LogP contribution is 2.26. The van der Waals surface area contributed by atoms with Crippen LogP contribution < -0.4 is 10.5 Å². The molecule has 0 atom stereocenters. The van der Waals surface area contributed by atoms with Crippen LogP contribution in [0.2, 0.25) is 0 Å². The average Bonchev–Trinajstić information content (AvgIpc) is 3.39. The van der Waals surface area contributed by atoms with E-state index >= 15 is 0 Å². The lowest BCUT2D eigenvalue weighted by atomic mass is 10.1. The Kier molecular flexibility index (Phi) is 5.93. The zero-order valence-corrected chi connectivity index (χ0v) is 20.7. The van der Waals surface area contributed by atoms with Gasteiger partial charge in [-0.1, -0.05) is 18.2 Å². The van der Waals surface area contributed by atoms with Gasteiger partial charge in [0.2, 0.25) is 0 Å². The van der Waals surface area contributed by atoms with E-state index in [1.165, 1.54) is 0 Å². The summed E-state index contributed by atoms with van der Waals surface area (Å²) >= 11 is 0. The third-order valence-electron chi connectivity index (χ3n) is 6.41. The molecule has 0 radical (unpaired) electrons. The molecule has 0 unspecified atom stereocenters. The summed E-state index contributed by atoms with van der Waals surface area (Å²) in [7, 11) is -3.69. The van der Waals surface area contributed by atoms with Gasteiger partial charge in [0.1, 0.15) is 5.82 Å². The number of rotatable bonds is 6. The van der Waals surface area contributed by atoms with Crippen LogP contribution in [0.25, 0.3) is 33.1 Å². The van der Waals surface area contributed by atoms with E-state index in [1.54, 1.807) is 30.3 Å².